The van der Waals surface area contributed by atoms with Crippen molar-refractivity contribution in [1.29, 1.82) is 0 Å². The summed E-state index contributed by atoms with van der Waals surface area (Å²) in [7, 11) is 0. The standard InChI is InChI=1S/C22H19FN2O4/c1-13-5-10-16(29-13)12-24-21(27)18-11-17-19(3-2-4-20(17)26)25(22(18)28)15-8-6-14(23)7-9-15/h5-11H,2-4,12H2,1H3,(H,24,27). The summed E-state index contributed by atoms with van der Waals surface area (Å²) in [6.07, 6.45) is 1.51. The summed E-state index contributed by atoms with van der Waals surface area (Å²) in [4.78, 5) is 38.4. The first-order valence-electron chi connectivity index (χ1n) is 9.35. The summed E-state index contributed by atoms with van der Waals surface area (Å²) in [5.74, 6) is 0.129. The van der Waals surface area contributed by atoms with Gasteiger partial charge in [-0.3, -0.25) is 19.0 Å². The van der Waals surface area contributed by atoms with E-state index in [-0.39, 0.29) is 17.9 Å². The van der Waals surface area contributed by atoms with Crippen LogP contribution in [-0.2, 0) is 13.0 Å². The highest BCUT2D eigenvalue weighted by atomic mass is 19.1. The zero-order valence-electron chi connectivity index (χ0n) is 15.8. The number of Topliss-reactive ketones (excluding diaryl/α,β-unsaturated/α-hetero) is 1. The van der Waals surface area contributed by atoms with E-state index in [0.717, 1.165) is 0 Å². The first kappa shape index (κ1) is 18.9. The Morgan fingerprint density at radius 2 is 1.90 bits per heavy atom. The number of rotatable bonds is 4. The second kappa shape index (κ2) is 7.50. The lowest BCUT2D eigenvalue weighted by Crippen LogP contribution is -2.35. The van der Waals surface area contributed by atoms with E-state index in [4.69, 9.17) is 4.42 Å². The number of carbonyl (C=O) groups excluding carboxylic acids is 2. The van der Waals surface area contributed by atoms with Crippen LogP contribution in [0.15, 0.2) is 51.7 Å². The van der Waals surface area contributed by atoms with Gasteiger partial charge in [0.2, 0.25) is 0 Å². The van der Waals surface area contributed by atoms with Crippen molar-refractivity contribution in [2.45, 2.75) is 32.7 Å². The van der Waals surface area contributed by atoms with E-state index >= 15 is 0 Å². The van der Waals surface area contributed by atoms with Crippen molar-refractivity contribution < 1.29 is 18.4 Å². The second-order valence-corrected chi connectivity index (χ2v) is 7.01. The maximum atomic E-state index is 13.4. The number of amides is 1. The average molecular weight is 394 g/mol. The minimum Gasteiger partial charge on any atom is -0.465 e. The van der Waals surface area contributed by atoms with E-state index < -0.39 is 17.3 Å². The average Bonchev–Trinajstić information content (AvgIpc) is 3.12. The van der Waals surface area contributed by atoms with Crippen LogP contribution in [0, 0.1) is 12.7 Å². The molecule has 1 aromatic carbocycles. The molecule has 148 valence electrons. The molecule has 1 aliphatic rings. The Morgan fingerprint density at radius 1 is 1.14 bits per heavy atom. The largest absolute Gasteiger partial charge is 0.465 e. The number of pyridine rings is 1. The van der Waals surface area contributed by atoms with E-state index in [1.54, 1.807) is 19.1 Å². The van der Waals surface area contributed by atoms with Crippen molar-refractivity contribution in [1.82, 2.24) is 9.88 Å². The van der Waals surface area contributed by atoms with Gasteiger partial charge >= 0.3 is 0 Å². The molecule has 3 aromatic rings. The maximum absolute atomic E-state index is 13.4. The van der Waals surface area contributed by atoms with Gasteiger partial charge in [-0.25, -0.2) is 4.39 Å². The molecule has 1 N–H and O–H groups in total. The van der Waals surface area contributed by atoms with Gasteiger partial charge in [0, 0.05) is 23.4 Å². The number of nitrogens with zero attached hydrogens (tertiary/aromatic N) is 1. The summed E-state index contributed by atoms with van der Waals surface area (Å²) in [5.41, 5.74) is 0.652. The molecular formula is C22H19FN2O4. The quantitative estimate of drug-likeness (QED) is 0.736. The molecule has 1 aliphatic carbocycles. The summed E-state index contributed by atoms with van der Waals surface area (Å²) in [6, 6.07) is 10.3. The van der Waals surface area contributed by atoms with Gasteiger partial charge in [0.25, 0.3) is 11.5 Å². The minimum atomic E-state index is -0.596. The zero-order valence-corrected chi connectivity index (χ0v) is 15.8. The molecule has 0 aliphatic heterocycles. The van der Waals surface area contributed by atoms with Gasteiger partial charge in [-0.2, -0.15) is 0 Å². The fourth-order valence-electron chi connectivity index (χ4n) is 3.56. The number of benzene rings is 1. The second-order valence-electron chi connectivity index (χ2n) is 7.01. The highest BCUT2D eigenvalue weighted by molar-refractivity contribution is 6.01. The van der Waals surface area contributed by atoms with Gasteiger partial charge < -0.3 is 9.73 Å². The summed E-state index contributed by atoms with van der Waals surface area (Å²) in [6.45, 7) is 1.91. The number of hydrogen-bond donors (Lipinski definition) is 1. The minimum absolute atomic E-state index is 0.113. The molecule has 6 nitrogen and oxygen atoms in total. The normalized spacial score (nSPS) is 13.2. The van der Waals surface area contributed by atoms with E-state index in [0.29, 0.717) is 47.7 Å². The number of carbonyl (C=O) groups is 2. The van der Waals surface area contributed by atoms with Gasteiger partial charge in [0.15, 0.2) is 5.78 Å². The molecule has 0 radical (unpaired) electrons. The number of halogens is 1. The van der Waals surface area contributed by atoms with E-state index in [1.807, 2.05) is 0 Å². The Hall–Kier alpha value is -3.48. The Bertz CT molecular complexity index is 1160. The van der Waals surface area contributed by atoms with Crippen molar-refractivity contribution >= 4 is 11.7 Å². The number of nitrogens with one attached hydrogen (secondary N) is 1. The Morgan fingerprint density at radius 3 is 2.59 bits per heavy atom. The predicted molar refractivity (Wildman–Crippen MR) is 104 cm³/mol. The van der Waals surface area contributed by atoms with Crippen LogP contribution < -0.4 is 10.9 Å². The van der Waals surface area contributed by atoms with Crippen LogP contribution in [0.5, 0.6) is 0 Å². The van der Waals surface area contributed by atoms with E-state index in [1.165, 1.54) is 34.9 Å². The van der Waals surface area contributed by atoms with Crippen LogP contribution in [0.25, 0.3) is 5.69 Å². The smallest absolute Gasteiger partial charge is 0.268 e. The van der Waals surface area contributed by atoms with Gasteiger partial charge in [0.05, 0.1) is 6.54 Å². The van der Waals surface area contributed by atoms with Crippen LogP contribution in [0.1, 0.15) is 50.8 Å². The highest BCUT2D eigenvalue weighted by Gasteiger charge is 2.26. The molecule has 0 saturated heterocycles. The van der Waals surface area contributed by atoms with Crippen LogP contribution in [-0.4, -0.2) is 16.3 Å². The molecule has 0 spiro atoms. The summed E-state index contributed by atoms with van der Waals surface area (Å²) < 4.78 is 20.1. The van der Waals surface area contributed by atoms with Crippen molar-refractivity contribution in [3.63, 3.8) is 0 Å². The Balaban J connectivity index is 1.78. The number of hydrogen-bond acceptors (Lipinski definition) is 4. The van der Waals surface area contributed by atoms with Crippen LogP contribution in [0.2, 0.25) is 0 Å². The van der Waals surface area contributed by atoms with Gasteiger partial charge in [-0.1, -0.05) is 0 Å². The van der Waals surface area contributed by atoms with E-state index in [9.17, 15) is 18.8 Å². The molecular weight excluding hydrogens is 375 g/mol. The Labute approximate surface area is 166 Å². The fourth-order valence-corrected chi connectivity index (χ4v) is 3.56. The predicted octanol–water partition coefficient (Wildman–Crippen LogP) is 3.33. The molecule has 0 atom stereocenters. The van der Waals surface area contributed by atoms with Gasteiger partial charge in [-0.05, 0) is 62.2 Å². The number of furan rings is 1. The lowest BCUT2D eigenvalue weighted by molar-refractivity contribution is 0.0946. The molecule has 0 unspecified atom stereocenters. The van der Waals surface area contributed by atoms with E-state index in [2.05, 4.69) is 5.32 Å². The highest BCUT2D eigenvalue weighted by Crippen LogP contribution is 2.23. The number of ketones is 1. The molecule has 1 amide bonds. The maximum Gasteiger partial charge on any atom is 0.268 e. The third kappa shape index (κ3) is 3.63. The third-order valence-corrected chi connectivity index (χ3v) is 4.97. The molecule has 0 saturated carbocycles. The number of fused-ring (bicyclic) bond motifs is 1. The molecule has 0 fully saturated rings. The molecule has 4 rings (SSSR count). The van der Waals surface area contributed by atoms with Crippen LogP contribution in [0.3, 0.4) is 0 Å². The van der Waals surface area contributed by atoms with Gasteiger partial charge in [-0.15, -0.1) is 0 Å². The van der Waals surface area contributed by atoms with Crippen LogP contribution >= 0.6 is 0 Å². The molecule has 29 heavy (non-hydrogen) atoms. The van der Waals surface area contributed by atoms with Crippen molar-refractivity contribution in [2.24, 2.45) is 0 Å². The SMILES string of the molecule is Cc1ccc(CNC(=O)c2cc3c(n(-c4ccc(F)cc4)c2=O)CCCC3=O)o1. The number of aryl methyl sites for hydroxylation is 1. The van der Waals surface area contributed by atoms with Crippen molar-refractivity contribution in [3.05, 3.63) is 87.0 Å². The lowest BCUT2D eigenvalue weighted by Gasteiger charge is -2.21. The first-order valence-corrected chi connectivity index (χ1v) is 9.35. The van der Waals surface area contributed by atoms with Gasteiger partial charge in [0.1, 0.15) is 22.9 Å². The van der Waals surface area contributed by atoms with Crippen LogP contribution in [0.4, 0.5) is 4.39 Å². The topological polar surface area (TPSA) is 81.3 Å². The molecule has 2 heterocycles. The molecule has 2 aromatic heterocycles. The summed E-state index contributed by atoms with van der Waals surface area (Å²) >= 11 is 0. The number of aromatic nitrogens is 1. The third-order valence-electron chi connectivity index (χ3n) is 4.97. The molecule has 7 heteroatoms. The van der Waals surface area contributed by atoms with Crippen molar-refractivity contribution in [2.75, 3.05) is 0 Å². The fraction of sp³-hybridized carbons (Fsp3) is 0.227. The first-order chi connectivity index (χ1) is 13.9. The Kier molecular flexibility index (Phi) is 4.88. The zero-order chi connectivity index (χ0) is 20.5. The summed E-state index contributed by atoms with van der Waals surface area (Å²) in [5, 5.41) is 2.66. The lowest BCUT2D eigenvalue weighted by atomic mass is 9.92. The monoisotopic (exact) mass is 394 g/mol. The van der Waals surface area contributed by atoms with Crippen molar-refractivity contribution in [3.8, 4) is 5.69 Å². The molecule has 0 bridgehead atoms.